The Morgan fingerprint density at radius 2 is 2.42 bits per heavy atom. The van der Waals surface area contributed by atoms with Crippen LogP contribution in [0.3, 0.4) is 0 Å². The van der Waals surface area contributed by atoms with Crippen LogP contribution in [0.4, 0.5) is 0 Å². The number of H-pyrrole nitrogens is 2. The molecule has 0 aliphatic carbocycles. The van der Waals surface area contributed by atoms with Crippen molar-refractivity contribution in [3.8, 4) is 0 Å². The summed E-state index contributed by atoms with van der Waals surface area (Å²) in [5.41, 5.74) is 0.896. The van der Waals surface area contributed by atoms with Crippen molar-refractivity contribution in [1.82, 2.24) is 15.0 Å². The van der Waals surface area contributed by atoms with Gasteiger partial charge >= 0.3 is 0 Å². The molecular formula is C7H7N3O2. The van der Waals surface area contributed by atoms with E-state index in [0.29, 0.717) is 16.7 Å². The van der Waals surface area contributed by atoms with E-state index in [9.17, 15) is 4.79 Å². The molecule has 0 unspecified atom stereocenters. The zero-order valence-electron chi connectivity index (χ0n) is 6.16. The largest absolute Gasteiger partial charge is 0.390 e. The molecule has 0 atom stereocenters. The van der Waals surface area contributed by atoms with E-state index in [4.69, 9.17) is 5.11 Å². The van der Waals surface area contributed by atoms with Crippen LogP contribution in [-0.4, -0.2) is 20.1 Å². The van der Waals surface area contributed by atoms with Crippen molar-refractivity contribution in [2.24, 2.45) is 0 Å². The number of nitrogens with zero attached hydrogens (tertiary/aromatic N) is 1. The fourth-order valence-corrected chi connectivity index (χ4v) is 1.09. The Labute approximate surface area is 67.1 Å². The van der Waals surface area contributed by atoms with Crippen molar-refractivity contribution in [2.75, 3.05) is 0 Å². The van der Waals surface area contributed by atoms with Crippen molar-refractivity contribution in [3.63, 3.8) is 0 Å². The van der Waals surface area contributed by atoms with Gasteiger partial charge in [-0.05, 0) is 6.07 Å². The lowest BCUT2D eigenvalue weighted by atomic mass is 10.4. The molecule has 3 N–H and O–H groups in total. The first kappa shape index (κ1) is 7.05. The van der Waals surface area contributed by atoms with Crippen molar-refractivity contribution in [1.29, 1.82) is 0 Å². The fraction of sp³-hybridized carbons (Fsp3) is 0.143. The third-order valence-corrected chi connectivity index (χ3v) is 1.66. The molecule has 0 radical (unpaired) electrons. The zero-order valence-corrected chi connectivity index (χ0v) is 6.16. The minimum atomic E-state index is -0.198. The number of aliphatic hydroxyl groups excluding tert-OH is 1. The van der Waals surface area contributed by atoms with Gasteiger partial charge in [0.2, 0.25) is 0 Å². The van der Waals surface area contributed by atoms with Gasteiger partial charge in [0.1, 0.15) is 5.65 Å². The topological polar surface area (TPSA) is 81.8 Å². The Morgan fingerprint density at radius 3 is 3.08 bits per heavy atom. The van der Waals surface area contributed by atoms with E-state index in [0.717, 1.165) is 0 Å². The summed E-state index contributed by atoms with van der Waals surface area (Å²) in [5, 5.41) is 9.23. The molecule has 0 spiro atoms. The van der Waals surface area contributed by atoms with Gasteiger partial charge < -0.3 is 15.1 Å². The third-order valence-electron chi connectivity index (χ3n) is 1.66. The van der Waals surface area contributed by atoms with Gasteiger partial charge in [-0.25, -0.2) is 4.98 Å². The van der Waals surface area contributed by atoms with Crippen molar-refractivity contribution in [2.45, 2.75) is 6.61 Å². The van der Waals surface area contributed by atoms with Crippen LogP contribution in [0.2, 0.25) is 0 Å². The van der Waals surface area contributed by atoms with E-state index >= 15 is 0 Å². The summed E-state index contributed by atoms with van der Waals surface area (Å²) in [4.78, 5) is 20.2. The minimum Gasteiger partial charge on any atom is -0.390 e. The fourth-order valence-electron chi connectivity index (χ4n) is 1.09. The summed E-state index contributed by atoms with van der Waals surface area (Å²) >= 11 is 0. The molecule has 0 aromatic carbocycles. The Balaban J connectivity index is 2.83. The molecular weight excluding hydrogens is 158 g/mol. The second-order valence-electron chi connectivity index (χ2n) is 2.45. The Hall–Kier alpha value is -1.62. The maximum absolute atomic E-state index is 11.1. The van der Waals surface area contributed by atoms with Crippen LogP contribution in [0.5, 0.6) is 0 Å². The van der Waals surface area contributed by atoms with E-state index in [2.05, 4.69) is 15.0 Å². The van der Waals surface area contributed by atoms with Crippen molar-refractivity contribution in [3.05, 3.63) is 28.4 Å². The zero-order chi connectivity index (χ0) is 8.55. The molecule has 2 rings (SSSR count). The first-order chi connectivity index (χ1) is 5.81. The lowest BCUT2D eigenvalue weighted by Gasteiger charge is -1.84. The van der Waals surface area contributed by atoms with Crippen LogP contribution in [-0.2, 0) is 6.61 Å². The van der Waals surface area contributed by atoms with E-state index in [1.165, 1.54) is 6.33 Å². The maximum atomic E-state index is 11.1. The molecule has 0 aliphatic rings. The molecule has 5 heteroatoms. The number of aliphatic hydroxyl groups is 1. The van der Waals surface area contributed by atoms with E-state index < -0.39 is 0 Å². The molecule has 2 aromatic rings. The summed E-state index contributed by atoms with van der Waals surface area (Å²) in [6.45, 7) is -0.115. The smallest absolute Gasteiger partial charge is 0.260 e. The van der Waals surface area contributed by atoms with Gasteiger partial charge in [-0.3, -0.25) is 4.79 Å². The Morgan fingerprint density at radius 1 is 1.58 bits per heavy atom. The molecule has 0 fully saturated rings. The quantitative estimate of drug-likeness (QED) is 0.544. The van der Waals surface area contributed by atoms with Gasteiger partial charge in [0.25, 0.3) is 5.56 Å². The Bertz CT molecular complexity index is 457. The number of hydrogen-bond donors (Lipinski definition) is 3. The lowest BCUT2D eigenvalue weighted by Crippen LogP contribution is -2.04. The molecule has 62 valence electrons. The molecule has 0 saturated heterocycles. The predicted octanol–water partition coefficient (Wildman–Crippen LogP) is -0.257. The first-order valence-corrected chi connectivity index (χ1v) is 3.47. The highest BCUT2D eigenvalue weighted by Crippen LogP contribution is 2.06. The molecule has 2 heterocycles. The summed E-state index contributed by atoms with van der Waals surface area (Å²) < 4.78 is 0. The minimum absolute atomic E-state index is 0.115. The SMILES string of the molecule is O=c1[nH]cnc2[nH]c(CO)cc12. The molecule has 5 nitrogen and oxygen atoms in total. The van der Waals surface area contributed by atoms with Crippen LogP contribution in [0.1, 0.15) is 5.69 Å². The van der Waals surface area contributed by atoms with Gasteiger partial charge in [-0.1, -0.05) is 0 Å². The summed E-state index contributed by atoms with van der Waals surface area (Å²) in [7, 11) is 0. The number of rotatable bonds is 1. The molecule has 0 bridgehead atoms. The van der Waals surface area contributed by atoms with Crippen LogP contribution in [0.15, 0.2) is 17.2 Å². The lowest BCUT2D eigenvalue weighted by molar-refractivity contribution is 0.278. The third kappa shape index (κ3) is 0.911. The van der Waals surface area contributed by atoms with Crippen LogP contribution < -0.4 is 5.56 Å². The summed E-state index contributed by atoms with van der Waals surface area (Å²) in [5.74, 6) is 0. The molecule has 2 aromatic heterocycles. The van der Waals surface area contributed by atoms with E-state index in [-0.39, 0.29) is 12.2 Å². The number of aromatic amines is 2. The average Bonchev–Trinajstić information content (AvgIpc) is 2.49. The monoisotopic (exact) mass is 165 g/mol. The number of hydrogen-bond acceptors (Lipinski definition) is 3. The predicted molar refractivity (Wildman–Crippen MR) is 42.6 cm³/mol. The summed E-state index contributed by atoms with van der Waals surface area (Å²) in [6, 6.07) is 1.58. The highest BCUT2D eigenvalue weighted by Gasteiger charge is 2.02. The number of fused-ring (bicyclic) bond motifs is 1. The second kappa shape index (κ2) is 2.46. The molecule has 0 amide bonds. The van der Waals surface area contributed by atoms with Gasteiger partial charge in [-0.15, -0.1) is 0 Å². The molecule has 12 heavy (non-hydrogen) atoms. The van der Waals surface area contributed by atoms with Crippen LogP contribution in [0, 0.1) is 0 Å². The number of nitrogens with one attached hydrogen (secondary N) is 2. The molecule has 0 saturated carbocycles. The van der Waals surface area contributed by atoms with Crippen LogP contribution in [0.25, 0.3) is 11.0 Å². The van der Waals surface area contributed by atoms with Gasteiger partial charge in [0, 0.05) is 5.69 Å². The average molecular weight is 165 g/mol. The summed E-state index contributed by atoms with van der Waals surface area (Å²) in [6.07, 6.45) is 1.32. The van der Waals surface area contributed by atoms with Gasteiger partial charge in [-0.2, -0.15) is 0 Å². The van der Waals surface area contributed by atoms with Gasteiger partial charge in [0.15, 0.2) is 0 Å². The number of aromatic nitrogens is 3. The van der Waals surface area contributed by atoms with E-state index in [1.54, 1.807) is 6.07 Å². The highest BCUT2D eigenvalue weighted by molar-refractivity contribution is 5.74. The normalized spacial score (nSPS) is 10.8. The Kier molecular flexibility index (Phi) is 1.44. The van der Waals surface area contributed by atoms with E-state index in [1.807, 2.05) is 0 Å². The highest BCUT2D eigenvalue weighted by atomic mass is 16.3. The van der Waals surface area contributed by atoms with Gasteiger partial charge in [0.05, 0.1) is 18.3 Å². The standard InChI is InChI=1S/C7H7N3O2/c11-2-4-1-5-6(10-4)8-3-9-7(5)12/h1,3,11H,2H2,(H2,8,9,10,12). The molecule has 0 aliphatic heterocycles. The van der Waals surface area contributed by atoms with Crippen molar-refractivity contribution < 1.29 is 5.11 Å². The first-order valence-electron chi connectivity index (χ1n) is 3.47. The maximum Gasteiger partial charge on any atom is 0.260 e. The van der Waals surface area contributed by atoms with Crippen molar-refractivity contribution >= 4 is 11.0 Å². The van der Waals surface area contributed by atoms with Crippen LogP contribution >= 0.6 is 0 Å². The second-order valence-corrected chi connectivity index (χ2v) is 2.45.